The summed E-state index contributed by atoms with van der Waals surface area (Å²) in [6, 6.07) is 0. The first-order chi connectivity index (χ1) is 5.86. The Morgan fingerprint density at radius 3 is 3.17 bits per heavy atom. The minimum atomic E-state index is 0.414. The van der Waals surface area contributed by atoms with Crippen molar-refractivity contribution in [3.05, 3.63) is 0 Å². The van der Waals surface area contributed by atoms with E-state index in [1.165, 1.54) is 12.8 Å². The first-order valence-electron chi connectivity index (χ1n) is 4.64. The van der Waals surface area contributed by atoms with Crippen LogP contribution in [-0.2, 0) is 4.74 Å². The summed E-state index contributed by atoms with van der Waals surface area (Å²) in [7, 11) is 0. The Kier molecular flexibility index (Phi) is 4.13. The number of hydrogen-bond donors (Lipinski definition) is 0. The van der Waals surface area contributed by atoms with Crippen LogP contribution in [0.3, 0.4) is 0 Å². The Bertz CT molecular complexity index is 160. The Hall–Kier alpha value is -0.520. The predicted octanol–water partition coefficient (Wildman–Crippen LogP) is 1.12. The average Bonchev–Trinajstić information content (AvgIpc) is 2.06. The lowest BCUT2D eigenvalue weighted by Crippen LogP contribution is -2.39. The van der Waals surface area contributed by atoms with E-state index in [9.17, 15) is 0 Å². The molecule has 0 saturated carbocycles. The molecule has 0 aromatic heterocycles. The number of ether oxygens (including phenoxy) is 1. The monoisotopic (exact) mass is 167 g/mol. The number of hydrogen-bond acceptors (Lipinski definition) is 2. The van der Waals surface area contributed by atoms with E-state index in [1.54, 1.807) is 0 Å². The Balaban J connectivity index is 2.26. The van der Waals surface area contributed by atoms with Crippen molar-refractivity contribution in [2.75, 3.05) is 26.2 Å². The summed E-state index contributed by atoms with van der Waals surface area (Å²) in [5.41, 5.74) is 0. The van der Waals surface area contributed by atoms with Crippen LogP contribution in [0.15, 0.2) is 0 Å². The molecule has 12 heavy (non-hydrogen) atoms. The van der Waals surface area contributed by atoms with Crippen LogP contribution in [0.2, 0.25) is 0 Å². The minimum Gasteiger partial charge on any atom is -0.377 e. The normalized spacial score (nSPS) is 25.2. The smallest absolute Gasteiger partial charge is 0.0702 e. The van der Waals surface area contributed by atoms with Gasteiger partial charge in [-0.15, -0.1) is 6.42 Å². The second-order valence-electron chi connectivity index (χ2n) is 3.16. The van der Waals surface area contributed by atoms with Crippen molar-refractivity contribution in [2.45, 2.75) is 25.9 Å². The summed E-state index contributed by atoms with van der Waals surface area (Å²) < 4.78 is 5.55. The Labute approximate surface area is 74.9 Å². The summed E-state index contributed by atoms with van der Waals surface area (Å²) in [6.07, 6.45) is 8.06. The molecule has 68 valence electrons. The SMILES string of the molecule is C#CCN1CCCC(OCC)C1. The van der Waals surface area contributed by atoms with Crippen molar-refractivity contribution in [2.24, 2.45) is 0 Å². The maximum absolute atomic E-state index is 5.55. The molecule has 1 atom stereocenters. The van der Waals surface area contributed by atoms with Gasteiger partial charge in [-0.1, -0.05) is 5.92 Å². The Morgan fingerprint density at radius 2 is 2.50 bits per heavy atom. The highest BCUT2D eigenvalue weighted by Gasteiger charge is 2.18. The maximum atomic E-state index is 5.55. The molecule has 0 aromatic carbocycles. The van der Waals surface area contributed by atoms with Crippen molar-refractivity contribution < 1.29 is 4.74 Å². The molecule has 2 heteroatoms. The van der Waals surface area contributed by atoms with Gasteiger partial charge in [0.05, 0.1) is 12.6 Å². The first-order valence-corrected chi connectivity index (χ1v) is 4.64. The van der Waals surface area contributed by atoms with Gasteiger partial charge in [-0.05, 0) is 26.3 Å². The van der Waals surface area contributed by atoms with Crippen molar-refractivity contribution in [1.82, 2.24) is 4.90 Å². The third-order valence-corrected chi connectivity index (χ3v) is 2.18. The fraction of sp³-hybridized carbons (Fsp3) is 0.800. The molecule has 0 spiro atoms. The lowest BCUT2D eigenvalue weighted by Gasteiger charge is -2.30. The van der Waals surface area contributed by atoms with Crippen LogP contribution >= 0.6 is 0 Å². The van der Waals surface area contributed by atoms with Crippen molar-refractivity contribution in [1.29, 1.82) is 0 Å². The Morgan fingerprint density at radius 1 is 1.67 bits per heavy atom. The molecular formula is C10H17NO. The van der Waals surface area contributed by atoms with Crippen LogP contribution in [-0.4, -0.2) is 37.2 Å². The zero-order valence-electron chi connectivity index (χ0n) is 7.75. The zero-order valence-corrected chi connectivity index (χ0v) is 7.75. The highest BCUT2D eigenvalue weighted by atomic mass is 16.5. The maximum Gasteiger partial charge on any atom is 0.0702 e. The van der Waals surface area contributed by atoms with Crippen LogP contribution in [0.25, 0.3) is 0 Å². The van der Waals surface area contributed by atoms with Gasteiger partial charge < -0.3 is 4.74 Å². The van der Waals surface area contributed by atoms with Crippen LogP contribution < -0.4 is 0 Å². The second kappa shape index (κ2) is 5.18. The van der Waals surface area contributed by atoms with Crippen molar-refractivity contribution >= 4 is 0 Å². The fourth-order valence-corrected chi connectivity index (χ4v) is 1.66. The quantitative estimate of drug-likeness (QED) is 0.584. The third-order valence-electron chi connectivity index (χ3n) is 2.18. The van der Waals surface area contributed by atoms with Crippen LogP contribution in [0.1, 0.15) is 19.8 Å². The second-order valence-corrected chi connectivity index (χ2v) is 3.16. The highest BCUT2D eigenvalue weighted by Crippen LogP contribution is 2.12. The van der Waals surface area contributed by atoms with Gasteiger partial charge in [0.2, 0.25) is 0 Å². The number of piperidine rings is 1. The van der Waals surface area contributed by atoms with E-state index in [4.69, 9.17) is 11.2 Å². The van der Waals surface area contributed by atoms with Crippen LogP contribution in [0.5, 0.6) is 0 Å². The largest absolute Gasteiger partial charge is 0.377 e. The summed E-state index contributed by atoms with van der Waals surface area (Å²) in [5, 5.41) is 0. The standard InChI is InChI=1S/C10H17NO/c1-3-7-11-8-5-6-10(9-11)12-4-2/h1,10H,4-9H2,2H3. The van der Waals surface area contributed by atoms with Gasteiger partial charge in [-0.3, -0.25) is 4.90 Å². The number of terminal acetylenes is 1. The molecule has 2 nitrogen and oxygen atoms in total. The lowest BCUT2D eigenvalue weighted by molar-refractivity contribution is 0.00981. The zero-order chi connectivity index (χ0) is 8.81. The molecule has 1 aliphatic rings. The molecule has 0 bridgehead atoms. The van der Waals surface area contributed by atoms with Gasteiger partial charge in [-0.2, -0.15) is 0 Å². The fourth-order valence-electron chi connectivity index (χ4n) is 1.66. The topological polar surface area (TPSA) is 12.5 Å². The molecule has 1 unspecified atom stereocenters. The molecule has 0 amide bonds. The number of rotatable bonds is 3. The molecule has 1 aliphatic heterocycles. The van der Waals surface area contributed by atoms with E-state index >= 15 is 0 Å². The summed E-state index contributed by atoms with van der Waals surface area (Å²) >= 11 is 0. The van der Waals surface area contributed by atoms with Crippen molar-refractivity contribution in [3.8, 4) is 12.3 Å². The van der Waals surface area contributed by atoms with Crippen molar-refractivity contribution in [3.63, 3.8) is 0 Å². The summed E-state index contributed by atoms with van der Waals surface area (Å²) in [5.74, 6) is 2.67. The molecular weight excluding hydrogens is 150 g/mol. The molecule has 0 aromatic rings. The molecule has 1 heterocycles. The summed E-state index contributed by atoms with van der Waals surface area (Å²) in [6.45, 7) is 5.77. The molecule has 1 saturated heterocycles. The minimum absolute atomic E-state index is 0.414. The van der Waals surface area contributed by atoms with E-state index in [1.807, 2.05) is 6.92 Å². The summed E-state index contributed by atoms with van der Waals surface area (Å²) in [4.78, 5) is 2.28. The number of likely N-dealkylation sites (tertiary alicyclic amines) is 1. The van der Waals surface area contributed by atoms with Gasteiger partial charge in [0.15, 0.2) is 0 Å². The van der Waals surface area contributed by atoms with E-state index < -0.39 is 0 Å². The van der Waals surface area contributed by atoms with Gasteiger partial charge >= 0.3 is 0 Å². The van der Waals surface area contributed by atoms with Gasteiger partial charge in [-0.25, -0.2) is 0 Å². The number of nitrogens with zero attached hydrogens (tertiary/aromatic N) is 1. The lowest BCUT2D eigenvalue weighted by atomic mass is 10.1. The first kappa shape index (κ1) is 9.57. The average molecular weight is 167 g/mol. The van der Waals surface area contributed by atoms with Crippen LogP contribution in [0, 0.1) is 12.3 Å². The highest BCUT2D eigenvalue weighted by molar-refractivity contribution is 4.90. The van der Waals surface area contributed by atoms with Gasteiger partial charge in [0.1, 0.15) is 0 Å². The van der Waals surface area contributed by atoms with Gasteiger partial charge in [0.25, 0.3) is 0 Å². The molecule has 0 N–H and O–H groups in total. The predicted molar refractivity (Wildman–Crippen MR) is 49.9 cm³/mol. The third kappa shape index (κ3) is 2.84. The molecule has 0 radical (unpaired) electrons. The van der Waals surface area contributed by atoms with E-state index in [0.29, 0.717) is 6.10 Å². The van der Waals surface area contributed by atoms with E-state index in [2.05, 4.69) is 10.8 Å². The van der Waals surface area contributed by atoms with Crippen LogP contribution in [0.4, 0.5) is 0 Å². The molecule has 0 aliphatic carbocycles. The van der Waals surface area contributed by atoms with Gasteiger partial charge in [0, 0.05) is 13.2 Å². The van der Waals surface area contributed by atoms with E-state index in [0.717, 1.165) is 26.2 Å². The molecule has 1 fully saturated rings. The molecule has 1 rings (SSSR count). The van der Waals surface area contributed by atoms with E-state index in [-0.39, 0.29) is 0 Å².